The number of nitrogens with two attached hydrogens (primary N) is 1. The molecule has 0 saturated carbocycles. The highest BCUT2D eigenvalue weighted by molar-refractivity contribution is 5.58. The fraction of sp³-hybridized carbons (Fsp3) is 0.0833. The van der Waals surface area contributed by atoms with Crippen LogP contribution in [-0.4, -0.2) is 9.55 Å². The number of anilines is 1. The Balaban J connectivity index is 1.77. The van der Waals surface area contributed by atoms with Gasteiger partial charge in [-0.1, -0.05) is 18.2 Å². The summed E-state index contributed by atoms with van der Waals surface area (Å²) in [6.45, 7) is 0. The van der Waals surface area contributed by atoms with Crippen molar-refractivity contribution < 1.29 is 26.7 Å². The van der Waals surface area contributed by atoms with E-state index in [1.54, 1.807) is 24.3 Å². The lowest BCUT2D eigenvalue weighted by molar-refractivity contribution is -0.137. The van der Waals surface area contributed by atoms with Crippen molar-refractivity contribution in [1.29, 1.82) is 5.41 Å². The lowest BCUT2D eigenvalue weighted by Gasteiger charge is -2.29. The highest BCUT2D eigenvalue weighted by Gasteiger charge is 2.36. The number of rotatable bonds is 2. The molecular formula is C24H15F5N4O. The molecule has 5 rings (SSSR count). The molecule has 0 bridgehead atoms. The van der Waals surface area contributed by atoms with Crippen molar-refractivity contribution in [2.45, 2.75) is 12.1 Å². The standard InChI is InChI=1S/C24H15F5N4O/c25-14-5-7-18(17(26)10-14)33-11-32-23-21(22(33)31)20(12-2-1-3-15(30)8-12)16-6-4-13(24(27,28)29)9-19(16)34-23/h1-11,20,31H,30H2. The molecule has 1 atom stereocenters. The van der Waals surface area contributed by atoms with Crippen LogP contribution in [0.3, 0.4) is 0 Å². The van der Waals surface area contributed by atoms with Crippen LogP contribution in [0.2, 0.25) is 0 Å². The number of halogens is 5. The number of aromatic nitrogens is 2. The molecular weight excluding hydrogens is 455 g/mol. The van der Waals surface area contributed by atoms with Crippen LogP contribution in [0, 0.1) is 17.0 Å². The molecule has 34 heavy (non-hydrogen) atoms. The maximum absolute atomic E-state index is 14.5. The second kappa shape index (κ2) is 7.68. The van der Waals surface area contributed by atoms with Crippen molar-refractivity contribution in [2.75, 3.05) is 5.73 Å². The lowest BCUT2D eigenvalue weighted by Crippen LogP contribution is -2.29. The summed E-state index contributed by atoms with van der Waals surface area (Å²) < 4.78 is 74.7. The number of alkyl halides is 3. The molecule has 0 saturated heterocycles. The highest BCUT2D eigenvalue weighted by atomic mass is 19.4. The van der Waals surface area contributed by atoms with Crippen LogP contribution in [0.1, 0.15) is 28.2 Å². The quantitative estimate of drug-likeness (QED) is 0.264. The summed E-state index contributed by atoms with van der Waals surface area (Å²) in [5.74, 6) is -2.63. The molecule has 1 unspecified atom stereocenters. The Morgan fingerprint density at radius 3 is 2.50 bits per heavy atom. The van der Waals surface area contributed by atoms with Gasteiger partial charge >= 0.3 is 6.18 Å². The van der Waals surface area contributed by atoms with Gasteiger partial charge in [-0.25, -0.2) is 13.8 Å². The zero-order valence-corrected chi connectivity index (χ0v) is 17.2. The van der Waals surface area contributed by atoms with Crippen molar-refractivity contribution in [1.82, 2.24) is 9.55 Å². The maximum atomic E-state index is 14.5. The van der Waals surface area contributed by atoms with Crippen molar-refractivity contribution >= 4 is 5.69 Å². The number of ether oxygens (including phenoxy) is 1. The van der Waals surface area contributed by atoms with Crippen LogP contribution >= 0.6 is 0 Å². The van der Waals surface area contributed by atoms with E-state index in [0.29, 0.717) is 22.9 Å². The van der Waals surface area contributed by atoms with Gasteiger partial charge in [0.05, 0.1) is 16.8 Å². The van der Waals surface area contributed by atoms with E-state index in [9.17, 15) is 22.0 Å². The van der Waals surface area contributed by atoms with E-state index >= 15 is 0 Å². The van der Waals surface area contributed by atoms with Gasteiger partial charge in [0.1, 0.15) is 29.2 Å². The normalized spacial score (nSPS) is 14.8. The van der Waals surface area contributed by atoms with Crippen LogP contribution in [-0.2, 0) is 6.18 Å². The van der Waals surface area contributed by atoms with E-state index < -0.39 is 29.3 Å². The maximum Gasteiger partial charge on any atom is 0.416 e. The van der Waals surface area contributed by atoms with Crippen molar-refractivity contribution in [3.05, 3.63) is 106 Å². The van der Waals surface area contributed by atoms with Gasteiger partial charge in [0.2, 0.25) is 5.88 Å². The summed E-state index contributed by atoms with van der Waals surface area (Å²) in [5.41, 5.74) is 6.25. The monoisotopic (exact) mass is 470 g/mol. The molecule has 2 heterocycles. The van der Waals surface area contributed by atoms with E-state index in [1.807, 2.05) is 0 Å². The number of fused-ring (bicyclic) bond motifs is 2. The first kappa shape index (κ1) is 21.6. The molecule has 10 heteroatoms. The van der Waals surface area contributed by atoms with Crippen molar-refractivity contribution in [2.24, 2.45) is 0 Å². The number of nitrogen functional groups attached to an aromatic ring is 1. The Hall–Kier alpha value is -4.21. The van der Waals surface area contributed by atoms with Gasteiger partial charge in [-0.3, -0.25) is 9.98 Å². The van der Waals surface area contributed by atoms with Crippen LogP contribution in [0.25, 0.3) is 5.69 Å². The summed E-state index contributed by atoms with van der Waals surface area (Å²) in [5, 5.41) is 8.80. The second-order valence-electron chi connectivity index (χ2n) is 7.73. The highest BCUT2D eigenvalue weighted by Crippen LogP contribution is 2.47. The molecule has 0 fully saturated rings. The van der Waals surface area contributed by atoms with E-state index in [0.717, 1.165) is 29.1 Å². The minimum Gasteiger partial charge on any atom is -0.438 e. The summed E-state index contributed by atoms with van der Waals surface area (Å²) >= 11 is 0. The summed E-state index contributed by atoms with van der Waals surface area (Å²) in [7, 11) is 0. The van der Waals surface area contributed by atoms with Gasteiger partial charge < -0.3 is 10.5 Å². The summed E-state index contributed by atoms with van der Waals surface area (Å²) in [6.07, 6.45) is -3.48. The Morgan fingerprint density at radius 2 is 1.79 bits per heavy atom. The third kappa shape index (κ3) is 3.57. The molecule has 3 N–H and O–H groups in total. The predicted octanol–water partition coefficient (Wildman–Crippen LogP) is 5.52. The molecule has 0 amide bonds. The van der Waals surface area contributed by atoms with E-state index in [-0.39, 0.29) is 28.4 Å². The number of nitrogens with zero attached hydrogens (tertiary/aromatic N) is 2. The van der Waals surface area contributed by atoms with Gasteiger partial charge in [-0.2, -0.15) is 13.2 Å². The Morgan fingerprint density at radius 1 is 1.00 bits per heavy atom. The summed E-state index contributed by atoms with van der Waals surface area (Å²) in [6, 6.07) is 12.7. The first-order chi connectivity index (χ1) is 16.1. The van der Waals surface area contributed by atoms with Gasteiger partial charge in [0.25, 0.3) is 0 Å². The molecule has 172 valence electrons. The first-order valence-electron chi connectivity index (χ1n) is 9.99. The average Bonchev–Trinajstić information content (AvgIpc) is 2.77. The van der Waals surface area contributed by atoms with Crippen LogP contribution in [0.5, 0.6) is 11.6 Å². The minimum atomic E-state index is -4.58. The predicted molar refractivity (Wildman–Crippen MR) is 113 cm³/mol. The van der Waals surface area contributed by atoms with Gasteiger partial charge in [0, 0.05) is 23.2 Å². The average molecular weight is 470 g/mol. The van der Waals surface area contributed by atoms with E-state index in [1.165, 1.54) is 12.1 Å². The lowest BCUT2D eigenvalue weighted by atomic mass is 9.83. The topological polar surface area (TPSA) is 76.9 Å². The Kier molecular flexibility index (Phi) is 4.89. The number of hydrogen-bond acceptors (Lipinski definition) is 4. The Bertz CT molecular complexity index is 1500. The van der Waals surface area contributed by atoms with Crippen LogP contribution in [0.15, 0.2) is 67.0 Å². The zero-order chi connectivity index (χ0) is 24.2. The van der Waals surface area contributed by atoms with Crippen LogP contribution < -0.4 is 16.0 Å². The fourth-order valence-electron chi connectivity index (χ4n) is 4.05. The first-order valence-corrected chi connectivity index (χ1v) is 9.99. The largest absolute Gasteiger partial charge is 0.438 e. The molecule has 0 spiro atoms. The van der Waals surface area contributed by atoms with Crippen LogP contribution in [0.4, 0.5) is 27.6 Å². The molecule has 3 aromatic carbocycles. The zero-order valence-electron chi connectivity index (χ0n) is 17.2. The summed E-state index contributed by atoms with van der Waals surface area (Å²) in [4.78, 5) is 4.16. The third-order valence-corrected chi connectivity index (χ3v) is 5.58. The molecule has 4 aromatic rings. The molecule has 1 aliphatic rings. The molecule has 0 radical (unpaired) electrons. The molecule has 5 nitrogen and oxygen atoms in total. The van der Waals surface area contributed by atoms with Crippen molar-refractivity contribution in [3.8, 4) is 17.3 Å². The SMILES string of the molecule is N=c1c2c(ncn1-c1ccc(F)cc1F)Oc1cc(C(F)(F)F)ccc1C2c1cccc(N)c1. The van der Waals surface area contributed by atoms with Gasteiger partial charge in [0.15, 0.2) is 0 Å². The second-order valence-corrected chi connectivity index (χ2v) is 7.73. The van der Waals surface area contributed by atoms with E-state index in [2.05, 4.69) is 4.98 Å². The smallest absolute Gasteiger partial charge is 0.416 e. The fourth-order valence-corrected chi connectivity index (χ4v) is 4.05. The Labute approximate surface area is 189 Å². The minimum absolute atomic E-state index is 0.0626. The van der Waals surface area contributed by atoms with Crippen molar-refractivity contribution in [3.63, 3.8) is 0 Å². The number of benzene rings is 3. The molecule has 1 aliphatic heterocycles. The molecule has 1 aromatic heterocycles. The van der Waals surface area contributed by atoms with Gasteiger partial charge in [-0.05, 0) is 42.0 Å². The molecule has 0 aliphatic carbocycles. The van der Waals surface area contributed by atoms with E-state index in [4.69, 9.17) is 15.9 Å². The van der Waals surface area contributed by atoms with Gasteiger partial charge in [-0.15, -0.1) is 0 Å². The number of hydrogen-bond donors (Lipinski definition) is 2. The third-order valence-electron chi connectivity index (χ3n) is 5.58. The number of nitrogens with one attached hydrogen (secondary N) is 1.